The summed E-state index contributed by atoms with van der Waals surface area (Å²) < 4.78 is 0. The summed E-state index contributed by atoms with van der Waals surface area (Å²) in [6.07, 6.45) is 5.29. The molecular weight excluding hydrogens is 212 g/mol. The molecule has 3 heteroatoms. The number of amides is 1. The highest BCUT2D eigenvalue weighted by Gasteiger charge is 2.34. The van der Waals surface area contributed by atoms with E-state index in [0.717, 1.165) is 45.2 Å². The van der Waals surface area contributed by atoms with Crippen molar-refractivity contribution >= 4 is 5.91 Å². The Morgan fingerprint density at radius 1 is 1.24 bits per heavy atom. The first kappa shape index (κ1) is 14.5. The zero-order valence-corrected chi connectivity index (χ0v) is 11.6. The van der Waals surface area contributed by atoms with Crippen LogP contribution in [0.5, 0.6) is 0 Å². The van der Waals surface area contributed by atoms with Gasteiger partial charge in [0, 0.05) is 25.0 Å². The summed E-state index contributed by atoms with van der Waals surface area (Å²) in [7, 11) is 0. The minimum absolute atomic E-state index is 0.164. The molecule has 0 radical (unpaired) electrons. The van der Waals surface area contributed by atoms with Crippen LogP contribution in [0, 0.1) is 11.8 Å². The summed E-state index contributed by atoms with van der Waals surface area (Å²) in [5, 5.41) is 0. The van der Waals surface area contributed by atoms with Crippen molar-refractivity contribution in [1.29, 1.82) is 0 Å². The van der Waals surface area contributed by atoms with Gasteiger partial charge in [-0.1, -0.05) is 27.2 Å². The van der Waals surface area contributed by atoms with Crippen LogP contribution in [0.2, 0.25) is 0 Å². The van der Waals surface area contributed by atoms with Gasteiger partial charge < -0.3 is 10.6 Å². The van der Waals surface area contributed by atoms with Gasteiger partial charge in [-0.3, -0.25) is 4.79 Å². The van der Waals surface area contributed by atoms with Gasteiger partial charge in [0.2, 0.25) is 5.91 Å². The van der Waals surface area contributed by atoms with Crippen LogP contribution in [0.1, 0.15) is 52.9 Å². The van der Waals surface area contributed by atoms with Gasteiger partial charge in [0.15, 0.2) is 0 Å². The van der Waals surface area contributed by atoms with Gasteiger partial charge in [-0.05, 0) is 31.6 Å². The highest BCUT2D eigenvalue weighted by Crippen LogP contribution is 2.30. The zero-order valence-electron chi connectivity index (χ0n) is 11.6. The minimum Gasteiger partial charge on any atom is -0.342 e. The summed E-state index contributed by atoms with van der Waals surface area (Å²) >= 11 is 0. The second kappa shape index (κ2) is 7.00. The molecular formula is C14H28N2O. The van der Waals surface area contributed by atoms with E-state index in [1.807, 2.05) is 4.90 Å². The van der Waals surface area contributed by atoms with Gasteiger partial charge in [-0.25, -0.2) is 0 Å². The standard InChI is InChI=1S/C14H28N2O/c1-4-9-16(10-5-2)14(17)12-7-6-8-13(15)11(12)3/h11-13H,4-10,15H2,1-3H3. The molecule has 1 rings (SSSR count). The number of carbonyl (C=O) groups is 1. The molecule has 3 atom stereocenters. The monoisotopic (exact) mass is 240 g/mol. The molecule has 1 aliphatic rings. The fourth-order valence-corrected chi connectivity index (χ4v) is 2.85. The quantitative estimate of drug-likeness (QED) is 0.802. The molecule has 0 saturated heterocycles. The van der Waals surface area contributed by atoms with E-state index in [9.17, 15) is 4.79 Å². The molecule has 0 aromatic carbocycles. The van der Waals surface area contributed by atoms with Crippen LogP contribution in [0.3, 0.4) is 0 Å². The van der Waals surface area contributed by atoms with E-state index < -0.39 is 0 Å². The topological polar surface area (TPSA) is 46.3 Å². The molecule has 100 valence electrons. The van der Waals surface area contributed by atoms with Gasteiger partial charge in [-0.15, -0.1) is 0 Å². The molecule has 1 aliphatic carbocycles. The number of hydrogen-bond acceptors (Lipinski definition) is 2. The van der Waals surface area contributed by atoms with Crippen LogP contribution in [0.25, 0.3) is 0 Å². The normalized spacial score (nSPS) is 29.1. The van der Waals surface area contributed by atoms with E-state index in [1.54, 1.807) is 0 Å². The molecule has 0 aromatic heterocycles. The Kier molecular flexibility index (Phi) is 5.96. The lowest BCUT2D eigenvalue weighted by molar-refractivity contribution is -0.138. The zero-order chi connectivity index (χ0) is 12.8. The number of nitrogens with zero attached hydrogens (tertiary/aromatic N) is 1. The molecule has 2 N–H and O–H groups in total. The van der Waals surface area contributed by atoms with Crippen molar-refractivity contribution < 1.29 is 4.79 Å². The van der Waals surface area contributed by atoms with Crippen molar-refractivity contribution in [3.05, 3.63) is 0 Å². The molecule has 3 nitrogen and oxygen atoms in total. The van der Waals surface area contributed by atoms with Crippen LogP contribution >= 0.6 is 0 Å². The fourth-order valence-electron chi connectivity index (χ4n) is 2.85. The summed E-state index contributed by atoms with van der Waals surface area (Å²) in [4.78, 5) is 14.5. The van der Waals surface area contributed by atoms with Crippen molar-refractivity contribution in [2.24, 2.45) is 17.6 Å². The van der Waals surface area contributed by atoms with E-state index in [4.69, 9.17) is 5.73 Å². The third kappa shape index (κ3) is 3.70. The Morgan fingerprint density at radius 2 is 1.82 bits per heavy atom. The summed E-state index contributed by atoms with van der Waals surface area (Å²) in [6, 6.07) is 0.211. The predicted molar refractivity (Wildman–Crippen MR) is 71.6 cm³/mol. The van der Waals surface area contributed by atoms with Crippen molar-refractivity contribution in [2.45, 2.75) is 58.9 Å². The smallest absolute Gasteiger partial charge is 0.226 e. The average molecular weight is 240 g/mol. The molecule has 1 saturated carbocycles. The van der Waals surface area contributed by atoms with E-state index in [0.29, 0.717) is 11.8 Å². The largest absolute Gasteiger partial charge is 0.342 e. The van der Waals surface area contributed by atoms with Crippen LogP contribution in [-0.2, 0) is 4.79 Å². The maximum atomic E-state index is 12.5. The Labute approximate surface area is 106 Å². The fraction of sp³-hybridized carbons (Fsp3) is 0.929. The van der Waals surface area contributed by atoms with E-state index in [2.05, 4.69) is 20.8 Å². The molecule has 0 spiro atoms. The Hall–Kier alpha value is -0.570. The van der Waals surface area contributed by atoms with Crippen molar-refractivity contribution in [3.8, 4) is 0 Å². The third-order valence-corrected chi connectivity index (χ3v) is 3.98. The molecule has 0 bridgehead atoms. The lowest BCUT2D eigenvalue weighted by atomic mass is 9.76. The van der Waals surface area contributed by atoms with Crippen LogP contribution in [0.4, 0.5) is 0 Å². The Morgan fingerprint density at radius 3 is 2.35 bits per heavy atom. The van der Waals surface area contributed by atoms with Gasteiger partial charge >= 0.3 is 0 Å². The van der Waals surface area contributed by atoms with E-state index >= 15 is 0 Å². The van der Waals surface area contributed by atoms with E-state index in [-0.39, 0.29) is 12.0 Å². The summed E-state index contributed by atoms with van der Waals surface area (Å²) in [5.41, 5.74) is 6.08. The SMILES string of the molecule is CCCN(CCC)C(=O)C1CCCC(N)C1C. The van der Waals surface area contributed by atoms with Gasteiger partial charge in [0.05, 0.1) is 0 Å². The number of nitrogens with two attached hydrogens (primary N) is 1. The van der Waals surface area contributed by atoms with Crippen LogP contribution in [0.15, 0.2) is 0 Å². The number of hydrogen-bond donors (Lipinski definition) is 1. The second-order valence-electron chi connectivity index (χ2n) is 5.39. The Balaban J connectivity index is 2.64. The highest BCUT2D eigenvalue weighted by molar-refractivity contribution is 5.79. The van der Waals surface area contributed by atoms with Gasteiger partial charge in [0.1, 0.15) is 0 Å². The second-order valence-corrected chi connectivity index (χ2v) is 5.39. The maximum Gasteiger partial charge on any atom is 0.226 e. The van der Waals surface area contributed by atoms with Gasteiger partial charge in [0.25, 0.3) is 0 Å². The Bertz CT molecular complexity index is 236. The molecule has 17 heavy (non-hydrogen) atoms. The average Bonchev–Trinajstić information content (AvgIpc) is 2.31. The number of carbonyl (C=O) groups excluding carboxylic acids is 1. The molecule has 1 fully saturated rings. The van der Waals surface area contributed by atoms with Crippen molar-refractivity contribution in [1.82, 2.24) is 4.90 Å². The molecule has 3 unspecified atom stereocenters. The molecule has 0 heterocycles. The molecule has 0 aromatic rings. The summed E-state index contributed by atoms with van der Waals surface area (Å²) in [5.74, 6) is 0.848. The predicted octanol–water partition coefficient (Wildman–Crippen LogP) is 2.40. The highest BCUT2D eigenvalue weighted by atomic mass is 16.2. The number of rotatable bonds is 5. The van der Waals surface area contributed by atoms with Crippen molar-refractivity contribution in [2.75, 3.05) is 13.1 Å². The summed E-state index contributed by atoms with van der Waals surface area (Å²) in [6.45, 7) is 8.19. The van der Waals surface area contributed by atoms with Crippen LogP contribution in [-0.4, -0.2) is 29.9 Å². The lowest BCUT2D eigenvalue weighted by Crippen LogP contribution is -2.46. The molecule has 0 aliphatic heterocycles. The first-order valence-electron chi connectivity index (χ1n) is 7.16. The first-order valence-corrected chi connectivity index (χ1v) is 7.16. The van der Waals surface area contributed by atoms with Gasteiger partial charge in [-0.2, -0.15) is 0 Å². The minimum atomic E-state index is 0.164. The third-order valence-electron chi connectivity index (χ3n) is 3.98. The maximum absolute atomic E-state index is 12.5. The first-order chi connectivity index (χ1) is 8.11. The van der Waals surface area contributed by atoms with Crippen molar-refractivity contribution in [3.63, 3.8) is 0 Å². The van der Waals surface area contributed by atoms with Crippen LogP contribution < -0.4 is 5.73 Å². The van der Waals surface area contributed by atoms with E-state index in [1.165, 1.54) is 0 Å². The molecule has 1 amide bonds. The lowest BCUT2D eigenvalue weighted by Gasteiger charge is -2.36.